The molecule has 1 N–H and O–H groups in total. The molecule has 0 aliphatic carbocycles. The van der Waals surface area contributed by atoms with Gasteiger partial charge in [-0.15, -0.1) is 0 Å². The Kier molecular flexibility index (Phi) is 3.55. The van der Waals surface area contributed by atoms with Crippen molar-refractivity contribution < 1.29 is 9.26 Å². The molecule has 2 aromatic carbocycles. The fourth-order valence-electron chi connectivity index (χ4n) is 2.49. The summed E-state index contributed by atoms with van der Waals surface area (Å²) >= 11 is 0. The van der Waals surface area contributed by atoms with Crippen molar-refractivity contribution in [2.24, 2.45) is 0 Å². The lowest BCUT2D eigenvalue weighted by atomic mass is 10.1. The van der Waals surface area contributed by atoms with Crippen LogP contribution in [0, 0.1) is 0 Å². The van der Waals surface area contributed by atoms with Gasteiger partial charge in [0.25, 0.3) is 5.71 Å². The number of methoxy groups -OCH3 is 1. The van der Waals surface area contributed by atoms with E-state index >= 15 is 0 Å². The normalized spacial score (nSPS) is 10.7. The Morgan fingerprint density at radius 3 is 2.50 bits per heavy atom. The van der Waals surface area contributed by atoms with Crippen molar-refractivity contribution in [2.75, 3.05) is 12.4 Å². The maximum absolute atomic E-state index is 5.36. The molecule has 0 amide bonds. The predicted octanol–water partition coefficient (Wildman–Crippen LogP) is 4.04. The van der Waals surface area contributed by atoms with Crippen molar-refractivity contribution in [3.05, 3.63) is 60.9 Å². The van der Waals surface area contributed by atoms with E-state index in [1.807, 2.05) is 54.6 Å². The number of anilines is 2. The summed E-state index contributed by atoms with van der Waals surface area (Å²) in [5, 5.41) is 8.20. The van der Waals surface area contributed by atoms with Gasteiger partial charge in [0.05, 0.1) is 7.11 Å². The second-order valence-electron chi connectivity index (χ2n) is 5.15. The van der Waals surface area contributed by atoms with Crippen LogP contribution >= 0.6 is 0 Å². The van der Waals surface area contributed by atoms with Gasteiger partial charge in [0.15, 0.2) is 0 Å². The lowest BCUT2D eigenvalue weighted by Crippen LogP contribution is -1.96. The van der Waals surface area contributed by atoms with Crippen LogP contribution in [0.25, 0.3) is 22.4 Å². The molecule has 6 nitrogen and oxygen atoms in total. The second-order valence-corrected chi connectivity index (χ2v) is 5.15. The Balaban J connectivity index is 1.79. The van der Waals surface area contributed by atoms with Crippen LogP contribution in [0.15, 0.2) is 65.4 Å². The van der Waals surface area contributed by atoms with Crippen molar-refractivity contribution in [1.82, 2.24) is 15.1 Å². The fraction of sp³-hybridized carbons (Fsp3) is 0.0556. The van der Waals surface area contributed by atoms with Crippen LogP contribution in [0.4, 0.5) is 11.5 Å². The minimum absolute atomic E-state index is 0.444. The zero-order valence-electron chi connectivity index (χ0n) is 12.9. The molecule has 0 fully saturated rings. The summed E-state index contributed by atoms with van der Waals surface area (Å²) in [6.07, 6.45) is 1.45. The van der Waals surface area contributed by atoms with Gasteiger partial charge in [0.2, 0.25) is 0 Å². The van der Waals surface area contributed by atoms with Crippen molar-refractivity contribution in [3.8, 4) is 17.0 Å². The van der Waals surface area contributed by atoms with Gasteiger partial charge in [0, 0.05) is 11.3 Å². The lowest BCUT2D eigenvalue weighted by Gasteiger charge is -2.07. The van der Waals surface area contributed by atoms with Gasteiger partial charge in [-0.05, 0) is 24.3 Å². The molecule has 24 heavy (non-hydrogen) atoms. The molecule has 4 rings (SSSR count). The highest BCUT2D eigenvalue weighted by molar-refractivity contribution is 5.98. The van der Waals surface area contributed by atoms with Crippen LogP contribution in [0.1, 0.15) is 0 Å². The summed E-state index contributed by atoms with van der Waals surface area (Å²) in [5.41, 5.74) is 2.99. The van der Waals surface area contributed by atoms with Crippen molar-refractivity contribution in [3.63, 3.8) is 0 Å². The number of fused-ring (bicyclic) bond motifs is 1. The van der Waals surface area contributed by atoms with Gasteiger partial charge in [-0.2, -0.15) is 4.98 Å². The molecule has 2 aromatic heterocycles. The molecule has 0 atom stereocenters. The largest absolute Gasteiger partial charge is 0.497 e. The fourth-order valence-corrected chi connectivity index (χ4v) is 2.49. The average molecular weight is 318 g/mol. The lowest BCUT2D eigenvalue weighted by molar-refractivity contribution is 0.415. The maximum atomic E-state index is 5.36. The quantitative estimate of drug-likeness (QED) is 0.612. The number of nitrogens with one attached hydrogen (secondary N) is 1. The van der Waals surface area contributed by atoms with E-state index in [2.05, 4.69) is 20.4 Å². The molecule has 0 saturated heterocycles. The molecule has 0 saturated carbocycles. The van der Waals surface area contributed by atoms with Crippen molar-refractivity contribution in [1.29, 1.82) is 0 Å². The van der Waals surface area contributed by atoms with Gasteiger partial charge < -0.3 is 14.6 Å². The zero-order valence-corrected chi connectivity index (χ0v) is 12.9. The molecule has 0 unspecified atom stereocenters. The van der Waals surface area contributed by atoms with Crippen LogP contribution in [-0.4, -0.2) is 22.2 Å². The molecular weight excluding hydrogens is 304 g/mol. The third-order valence-electron chi connectivity index (χ3n) is 3.67. The van der Waals surface area contributed by atoms with E-state index in [4.69, 9.17) is 9.26 Å². The highest BCUT2D eigenvalue weighted by Gasteiger charge is 2.16. The number of hydrogen-bond donors (Lipinski definition) is 1. The van der Waals surface area contributed by atoms with E-state index < -0.39 is 0 Å². The third kappa shape index (κ3) is 2.54. The van der Waals surface area contributed by atoms with Crippen LogP contribution in [0.5, 0.6) is 5.75 Å². The standard InChI is InChI=1S/C18H14N4O2/c1-23-14-9-7-13(8-10-14)21-17-15-16(12-5-3-2-4-6-12)22-24-18(15)20-11-19-17/h2-11H,1H3,(H,19,20,21). The summed E-state index contributed by atoms with van der Waals surface area (Å²) in [6, 6.07) is 17.4. The van der Waals surface area contributed by atoms with Crippen LogP contribution in [-0.2, 0) is 0 Å². The Bertz CT molecular complexity index is 965. The Labute approximate surface area is 138 Å². The topological polar surface area (TPSA) is 73.1 Å². The van der Waals surface area contributed by atoms with E-state index in [0.717, 1.165) is 22.4 Å². The SMILES string of the molecule is COc1ccc(Nc2ncnc3onc(-c4ccccc4)c23)cc1. The second kappa shape index (κ2) is 6.00. The first-order chi connectivity index (χ1) is 11.8. The summed E-state index contributed by atoms with van der Waals surface area (Å²) in [4.78, 5) is 8.51. The summed E-state index contributed by atoms with van der Waals surface area (Å²) in [6.45, 7) is 0. The first-order valence-electron chi connectivity index (χ1n) is 7.42. The molecule has 0 radical (unpaired) electrons. The first-order valence-corrected chi connectivity index (χ1v) is 7.42. The Morgan fingerprint density at radius 1 is 0.958 bits per heavy atom. The molecule has 6 heteroatoms. The van der Waals surface area contributed by atoms with Crippen LogP contribution in [0.2, 0.25) is 0 Å². The average Bonchev–Trinajstić information content (AvgIpc) is 3.08. The Morgan fingerprint density at radius 2 is 1.75 bits per heavy atom. The van der Waals surface area contributed by atoms with Gasteiger partial charge in [-0.3, -0.25) is 0 Å². The predicted molar refractivity (Wildman–Crippen MR) is 91.3 cm³/mol. The van der Waals surface area contributed by atoms with Gasteiger partial charge >= 0.3 is 0 Å². The van der Waals surface area contributed by atoms with Crippen molar-refractivity contribution >= 4 is 22.6 Å². The molecule has 4 aromatic rings. The molecular formula is C18H14N4O2. The first kappa shape index (κ1) is 14.2. The number of ether oxygens (including phenoxy) is 1. The highest BCUT2D eigenvalue weighted by atomic mass is 16.5. The summed E-state index contributed by atoms with van der Waals surface area (Å²) in [7, 11) is 1.64. The van der Waals surface area contributed by atoms with Gasteiger partial charge in [0.1, 0.15) is 29.0 Å². The molecule has 2 heterocycles. The number of rotatable bonds is 4. The summed E-state index contributed by atoms with van der Waals surface area (Å²) in [5.74, 6) is 1.44. The number of hydrogen-bond acceptors (Lipinski definition) is 6. The van der Waals surface area contributed by atoms with E-state index in [9.17, 15) is 0 Å². The van der Waals surface area contributed by atoms with E-state index in [-0.39, 0.29) is 0 Å². The minimum Gasteiger partial charge on any atom is -0.497 e. The molecule has 0 spiro atoms. The zero-order chi connectivity index (χ0) is 16.4. The van der Waals surface area contributed by atoms with E-state index in [1.165, 1.54) is 6.33 Å². The Hall–Kier alpha value is -3.41. The number of aromatic nitrogens is 3. The molecule has 0 aliphatic heterocycles. The number of nitrogens with zero attached hydrogens (tertiary/aromatic N) is 3. The number of benzene rings is 2. The molecule has 0 bridgehead atoms. The van der Waals surface area contributed by atoms with Crippen molar-refractivity contribution in [2.45, 2.75) is 0 Å². The smallest absolute Gasteiger partial charge is 0.263 e. The van der Waals surface area contributed by atoms with E-state index in [1.54, 1.807) is 7.11 Å². The summed E-state index contributed by atoms with van der Waals surface area (Å²) < 4.78 is 10.5. The van der Waals surface area contributed by atoms with Crippen LogP contribution in [0.3, 0.4) is 0 Å². The van der Waals surface area contributed by atoms with Crippen LogP contribution < -0.4 is 10.1 Å². The van der Waals surface area contributed by atoms with Gasteiger partial charge in [-0.1, -0.05) is 35.5 Å². The minimum atomic E-state index is 0.444. The third-order valence-corrected chi connectivity index (χ3v) is 3.67. The monoisotopic (exact) mass is 318 g/mol. The molecule has 0 aliphatic rings. The molecule has 118 valence electrons. The van der Waals surface area contributed by atoms with Gasteiger partial charge in [-0.25, -0.2) is 4.98 Å². The maximum Gasteiger partial charge on any atom is 0.263 e. The highest BCUT2D eigenvalue weighted by Crippen LogP contribution is 2.32. The van der Waals surface area contributed by atoms with E-state index in [0.29, 0.717) is 17.2 Å².